The summed E-state index contributed by atoms with van der Waals surface area (Å²) < 4.78 is 0. The molecule has 5 rings (SSSR count). The van der Waals surface area contributed by atoms with Crippen molar-refractivity contribution in [1.82, 2.24) is 4.98 Å². The predicted molar refractivity (Wildman–Crippen MR) is 118 cm³/mol. The molecule has 0 spiro atoms. The highest BCUT2D eigenvalue weighted by atomic mass is 31.1. The zero-order chi connectivity index (χ0) is 18.1. The van der Waals surface area contributed by atoms with E-state index in [1.165, 1.54) is 32.1 Å². The molecule has 5 aromatic rings. The topological polar surface area (TPSA) is 12.9 Å². The van der Waals surface area contributed by atoms with Crippen molar-refractivity contribution in [3.05, 3.63) is 109 Å². The van der Waals surface area contributed by atoms with Crippen molar-refractivity contribution in [2.45, 2.75) is 0 Å². The van der Waals surface area contributed by atoms with E-state index in [2.05, 4.69) is 97.1 Å². The second-order valence-electron chi connectivity index (χ2n) is 6.52. The Kier molecular flexibility index (Phi) is 4.16. The van der Waals surface area contributed by atoms with Crippen LogP contribution < -0.4 is 15.9 Å². The molecule has 0 saturated carbocycles. The third kappa shape index (κ3) is 2.91. The first-order chi connectivity index (χ1) is 13.4. The first-order valence-corrected chi connectivity index (χ1v) is 10.4. The van der Waals surface area contributed by atoms with Crippen LogP contribution in [0, 0.1) is 0 Å². The molecular weight excluding hydrogens is 345 g/mol. The molecule has 1 heterocycles. The molecule has 0 N–H and O–H groups in total. The fourth-order valence-electron chi connectivity index (χ4n) is 3.66. The van der Waals surface area contributed by atoms with Gasteiger partial charge in [-0.05, 0) is 35.3 Å². The van der Waals surface area contributed by atoms with Crippen LogP contribution in [0.3, 0.4) is 0 Å². The Balaban J connectivity index is 1.87. The lowest BCUT2D eigenvalue weighted by Gasteiger charge is -2.21. The van der Waals surface area contributed by atoms with Crippen LogP contribution in [-0.2, 0) is 0 Å². The van der Waals surface area contributed by atoms with Gasteiger partial charge in [-0.3, -0.25) is 4.98 Å². The van der Waals surface area contributed by atoms with Gasteiger partial charge < -0.3 is 0 Å². The van der Waals surface area contributed by atoms with Gasteiger partial charge in [-0.1, -0.05) is 97.1 Å². The Morgan fingerprint density at radius 2 is 1.15 bits per heavy atom. The molecule has 0 bridgehead atoms. The zero-order valence-corrected chi connectivity index (χ0v) is 15.7. The van der Waals surface area contributed by atoms with Crippen molar-refractivity contribution in [2.75, 3.05) is 0 Å². The summed E-state index contributed by atoms with van der Waals surface area (Å²) in [5.41, 5.74) is 1.09. The van der Waals surface area contributed by atoms with Gasteiger partial charge in [0.05, 0.1) is 5.52 Å². The molecule has 0 atom stereocenters. The smallest absolute Gasteiger partial charge is 0.0786 e. The third-order valence-corrected chi connectivity index (χ3v) is 7.35. The number of fused-ring (bicyclic) bond motifs is 3. The molecule has 0 aliphatic rings. The summed E-state index contributed by atoms with van der Waals surface area (Å²) in [5, 5.41) is 7.79. The first kappa shape index (κ1) is 16.2. The van der Waals surface area contributed by atoms with Crippen molar-refractivity contribution in [3.63, 3.8) is 0 Å². The average molecular weight is 363 g/mol. The van der Waals surface area contributed by atoms with Crippen molar-refractivity contribution < 1.29 is 0 Å². The maximum absolute atomic E-state index is 4.75. The van der Waals surface area contributed by atoms with Crippen LogP contribution in [-0.4, -0.2) is 4.98 Å². The van der Waals surface area contributed by atoms with Crippen LogP contribution >= 0.6 is 7.92 Å². The summed E-state index contributed by atoms with van der Waals surface area (Å²) in [6.45, 7) is 0. The van der Waals surface area contributed by atoms with Crippen molar-refractivity contribution in [1.29, 1.82) is 0 Å². The van der Waals surface area contributed by atoms with Gasteiger partial charge in [0.15, 0.2) is 0 Å². The Morgan fingerprint density at radius 3 is 1.85 bits per heavy atom. The average Bonchev–Trinajstić information content (AvgIpc) is 2.75. The summed E-state index contributed by atoms with van der Waals surface area (Å²) in [6, 6.07) is 36.9. The number of pyridine rings is 1. The lowest BCUT2D eigenvalue weighted by Crippen LogP contribution is -2.21. The molecule has 128 valence electrons. The molecule has 1 nitrogen and oxygen atoms in total. The highest BCUT2D eigenvalue weighted by molar-refractivity contribution is 7.80. The van der Waals surface area contributed by atoms with Gasteiger partial charge in [-0.15, -0.1) is 0 Å². The van der Waals surface area contributed by atoms with E-state index < -0.39 is 7.92 Å². The molecular formula is C25H18NP. The minimum absolute atomic E-state index is 0.659. The van der Waals surface area contributed by atoms with Crippen molar-refractivity contribution in [2.24, 2.45) is 0 Å². The van der Waals surface area contributed by atoms with Crippen LogP contribution in [0.15, 0.2) is 109 Å². The van der Waals surface area contributed by atoms with E-state index in [1.807, 2.05) is 12.3 Å². The van der Waals surface area contributed by atoms with Crippen LogP contribution in [0.5, 0.6) is 0 Å². The Hall–Kier alpha value is -3.02. The number of hydrogen-bond acceptors (Lipinski definition) is 1. The Bertz CT molecular complexity index is 1180. The molecule has 27 heavy (non-hydrogen) atoms. The van der Waals surface area contributed by atoms with Crippen LogP contribution in [0.2, 0.25) is 0 Å². The maximum Gasteiger partial charge on any atom is 0.0786 e. The molecule has 0 radical (unpaired) electrons. The summed E-state index contributed by atoms with van der Waals surface area (Å²) in [5.74, 6) is 0. The third-order valence-electron chi connectivity index (χ3n) is 4.86. The molecule has 0 unspecified atom stereocenters. The fraction of sp³-hybridized carbons (Fsp3) is 0. The molecule has 0 aliphatic heterocycles. The fourth-order valence-corrected chi connectivity index (χ4v) is 6.15. The van der Waals surface area contributed by atoms with Gasteiger partial charge in [-0.2, -0.15) is 0 Å². The van der Waals surface area contributed by atoms with Gasteiger partial charge in [0.2, 0.25) is 0 Å². The Morgan fingerprint density at radius 1 is 0.519 bits per heavy atom. The van der Waals surface area contributed by atoms with E-state index in [9.17, 15) is 0 Å². The largest absolute Gasteiger partial charge is 0.256 e. The number of nitrogens with zero attached hydrogens (tertiary/aromatic N) is 1. The number of aromatic nitrogens is 1. The van der Waals surface area contributed by atoms with E-state index in [0.717, 1.165) is 5.52 Å². The van der Waals surface area contributed by atoms with E-state index in [1.54, 1.807) is 0 Å². The Labute approximate surface area is 160 Å². The van der Waals surface area contributed by atoms with E-state index in [0.29, 0.717) is 0 Å². The van der Waals surface area contributed by atoms with Gasteiger partial charge in [0.1, 0.15) is 0 Å². The number of benzene rings is 4. The highest BCUT2D eigenvalue weighted by Gasteiger charge is 2.19. The summed E-state index contributed by atoms with van der Waals surface area (Å²) in [7, 11) is -0.659. The minimum atomic E-state index is -0.659. The summed E-state index contributed by atoms with van der Waals surface area (Å²) >= 11 is 0. The van der Waals surface area contributed by atoms with Crippen LogP contribution in [0.4, 0.5) is 0 Å². The number of hydrogen-bond donors (Lipinski definition) is 0. The molecule has 0 amide bonds. The van der Waals surface area contributed by atoms with E-state index in [4.69, 9.17) is 4.98 Å². The molecule has 4 aromatic carbocycles. The van der Waals surface area contributed by atoms with Gasteiger partial charge in [0, 0.05) is 17.0 Å². The second-order valence-corrected chi connectivity index (χ2v) is 8.71. The van der Waals surface area contributed by atoms with Crippen molar-refractivity contribution in [3.8, 4) is 0 Å². The lowest BCUT2D eigenvalue weighted by molar-refractivity contribution is 1.43. The lowest BCUT2D eigenvalue weighted by atomic mass is 10.1. The quantitative estimate of drug-likeness (QED) is 0.319. The van der Waals surface area contributed by atoms with Gasteiger partial charge in [-0.25, -0.2) is 0 Å². The van der Waals surface area contributed by atoms with Gasteiger partial charge >= 0.3 is 0 Å². The molecule has 0 aliphatic carbocycles. The summed E-state index contributed by atoms with van der Waals surface area (Å²) in [6.07, 6.45) is 1.89. The maximum atomic E-state index is 4.75. The predicted octanol–water partition coefficient (Wildman–Crippen LogP) is 5.15. The number of rotatable bonds is 3. The van der Waals surface area contributed by atoms with E-state index in [-0.39, 0.29) is 0 Å². The monoisotopic (exact) mass is 363 g/mol. The highest BCUT2D eigenvalue weighted by Crippen LogP contribution is 2.37. The normalized spacial score (nSPS) is 11.3. The van der Waals surface area contributed by atoms with Gasteiger partial charge in [0.25, 0.3) is 0 Å². The molecule has 0 fully saturated rings. The van der Waals surface area contributed by atoms with Crippen LogP contribution in [0.1, 0.15) is 0 Å². The summed E-state index contributed by atoms with van der Waals surface area (Å²) in [4.78, 5) is 4.75. The molecule has 2 heteroatoms. The second kappa shape index (κ2) is 6.95. The van der Waals surface area contributed by atoms with E-state index >= 15 is 0 Å². The first-order valence-electron chi connectivity index (χ1n) is 9.08. The zero-order valence-electron chi connectivity index (χ0n) is 14.8. The molecule has 0 saturated heterocycles. The van der Waals surface area contributed by atoms with Crippen LogP contribution in [0.25, 0.3) is 21.7 Å². The SMILES string of the molecule is c1ccc(P(c2ccccc2)c2cccc3ccc4cccnc4c23)cc1. The molecule has 1 aromatic heterocycles. The van der Waals surface area contributed by atoms with Crippen molar-refractivity contribution >= 4 is 45.5 Å². The standard InChI is InChI=1S/C25H18NP/c1-3-11-21(12-4-1)27(22-13-5-2-6-14-22)23-15-7-9-19-16-17-20-10-8-18-26-25(20)24(19)23/h1-18H. The minimum Gasteiger partial charge on any atom is -0.256 e.